The number of esters is 1. The van der Waals surface area contributed by atoms with Gasteiger partial charge in [0.2, 0.25) is 17.1 Å². The van der Waals surface area contributed by atoms with Crippen molar-refractivity contribution in [3.05, 3.63) is 47.6 Å². The fourth-order valence-electron chi connectivity index (χ4n) is 10.4. The number of aliphatic hydroxyl groups is 2. The van der Waals surface area contributed by atoms with Crippen molar-refractivity contribution in [2.45, 2.75) is 193 Å². The lowest BCUT2D eigenvalue weighted by Crippen LogP contribution is -2.59. The minimum atomic E-state index is -2.56. The van der Waals surface area contributed by atoms with E-state index in [-0.39, 0.29) is 48.5 Å². The molecule has 15 atom stereocenters. The average Bonchev–Trinajstić information content (AvgIpc) is 3.86. The van der Waals surface area contributed by atoms with Crippen LogP contribution in [0.25, 0.3) is 0 Å². The van der Waals surface area contributed by atoms with Crippen molar-refractivity contribution < 1.29 is 66.6 Å². The molecule has 2 aliphatic heterocycles. The number of amides is 1. The number of nitrogens with one attached hydrogen (secondary N) is 1. The molecule has 2 saturated carbocycles. The first-order valence-corrected chi connectivity index (χ1v) is 26.6. The van der Waals surface area contributed by atoms with E-state index in [1.807, 2.05) is 19.1 Å². The Morgan fingerprint density at radius 3 is 2.24 bits per heavy atom. The van der Waals surface area contributed by atoms with Gasteiger partial charge in [-0.1, -0.05) is 82.6 Å². The van der Waals surface area contributed by atoms with Crippen LogP contribution in [-0.4, -0.2) is 135 Å². The second-order valence-corrected chi connectivity index (χ2v) is 21.5. The van der Waals surface area contributed by atoms with Crippen molar-refractivity contribution in [1.29, 1.82) is 0 Å². The number of nitrogens with zero attached hydrogens (tertiary/aromatic N) is 1. The zero-order valence-corrected chi connectivity index (χ0v) is 44.2. The number of carbonyl (C=O) groups excluding carboxylic acids is 5. The number of rotatable bonds is 10. The number of likely N-dealkylation sites (N-methyl/N-ethyl adjacent to an activating group) is 1. The molecule has 0 aromatic carbocycles. The normalized spacial score (nSPS) is 38.2. The first kappa shape index (κ1) is 59.3. The number of methoxy groups -OCH3 is 2. The Morgan fingerprint density at radius 2 is 1.59 bits per heavy atom. The predicted octanol–water partition coefficient (Wildman–Crippen LogP) is 6.69. The molecule has 1 amide bonds. The smallest absolute Gasteiger partial charge is 0.328 e. The maximum atomic E-state index is 14.1. The molecule has 1 saturated heterocycles. The van der Waals surface area contributed by atoms with Gasteiger partial charge in [-0.15, -0.1) is 0 Å². The van der Waals surface area contributed by atoms with Crippen LogP contribution >= 0.6 is 0 Å². The Morgan fingerprint density at radius 1 is 0.886 bits per heavy atom. The van der Waals surface area contributed by atoms with Gasteiger partial charge < -0.3 is 38.8 Å². The van der Waals surface area contributed by atoms with E-state index in [0.717, 1.165) is 30.8 Å². The lowest BCUT2D eigenvalue weighted by atomic mass is 9.78. The highest BCUT2D eigenvalue weighted by Crippen LogP contribution is 2.38. The third-order valence-corrected chi connectivity index (χ3v) is 15.9. The molecule has 396 valence electrons. The lowest BCUT2D eigenvalue weighted by molar-refractivity contribution is -0.263. The summed E-state index contributed by atoms with van der Waals surface area (Å²) in [5, 5.41) is 23.2. The van der Waals surface area contributed by atoms with Crippen LogP contribution < -0.4 is 4.72 Å². The number of carbonyl (C=O) groups is 5. The van der Waals surface area contributed by atoms with E-state index in [9.17, 15) is 42.9 Å². The first-order valence-electron chi connectivity index (χ1n) is 25.5. The molecule has 0 aromatic rings. The third-order valence-electron chi connectivity index (χ3n) is 15.4. The Hall–Kier alpha value is -3.26. The van der Waals surface area contributed by atoms with Crippen LogP contribution in [0.5, 0.6) is 0 Å². The molecule has 2 aliphatic carbocycles. The van der Waals surface area contributed by atoms with E-state index in [1.54, 1.807) is 66.0 Å². The van der Waals surface area contributed by atoms with Crippen LogP contribution in [0, 0.1) is 35.5 Å². The molecule has 0 radical (unpaired) electrons. The number of Topliss-reactive ketones (excluding diaryl/α,β-unsaturated/α-hetero) is 3. The summed E-state index contributed by atoms with van der Waals surface area (Å²) >= 11 is -2.43. The number of hydrogen-bond donors (Lipinski definition) is 4. The number of allylic oxidation sites excluding steroid dienone is 6. The van der Waals surface area contributed by atoms with Crippen molar-refractivity contribution in [1.82, 2.24) is 9.62 Å². The molecule has 16 nitrogen and oxygen atoms in total. The van der Waals surface area contributed by atoms with Gasteiger partial charge in [-0.3, -0.25) is 23.7 Å². The van der Waals surface area contributed by atoms with Gasteiger partial charge in [0, 0.05) is 58.1 Å². The molecule has 70 heavy (non-hydrogen) atoms. The number of cyclic esters (lactones) is 1. The van der Waals surface area contributed by atoms with Crippen LogP contribution in [0.4, 0.5) is 0 Å². The Bertz CT molecular complexity index is 1910. The summed E-state index contributed by atoms with van der Waals surface area (Å²) in [6, 6.07) is -2.05. The molecule has 3 fully saturated rings. The summed E-state index contributed by atoms with van der Waals surface area (Å²) < 4.78 is 54.5. The van der Waals surface area contributed by atoms with Crippen molar-refractivity contribution in [2.75, 3.05) is 27.9 Å². The van der Waals surface area contributed by atoms with Crippen LogP contribution in [0.15, 0.2) is 47.6 Å². The molecule has 2 bridgehead atoms. The van der Waals surface area contributed by atoms with Gasteiger partial charge in [-0.25, -0.2) is 13.7 Å². The Balaban J connectivity index is 1.63. The molecule has 0 spiro atoms. The van der Waals surface area contributed by atoms with Gasteiger partial charge in [-0.2, -0.15) is 0 Å². The fraction of sp³-hybridized carbons (Fsp3) is 0.755. The number of ketones is 3. The quantitative estimate of drug-likeness (QED) is 0.0775. The minimum Gasteiger partial charge on any atom is -0.460 e. The molecule has 4 aliphatic rings. The van der Waals surface area contributed by atoms with Gasteiger partial charge in [0.05, 0.1) is 18.3 Å². The maximum absolute atomic E-state index is 14.1. The first-order chi connectivity index (χ1) is 33.1. The second kappa shape index (κ2) is 28.3. The summed E-state index contributed by atoms with van der Waals surface area (Å²) in [6.07, 6.45) is 15.5. The summed E-state index contributed by atoms with van der Waals surface area (Å²) in [5.74, 6) is -8.07. The van der Waals surface area contributed by atoms with Gasteiger partial charge in [0.1, 0.15) is 30.1 Å². The Labute approximate surface area is 419 Å². The average molecular weight is 1010 g/mol. The van der Waals surface area contributed by atoms with E-state index in [1.165, 1.54) is 46.8 Å². The van der Waals surface area contributed by atoms with E-state index >= 15 is 0 Å². The van der Waals surface area contributed by atoms with E-state index in [0.29, 0.717) is 49.2 Å². The van der Waals surface area contributed by atoms with Crippen LogP contribution in [0.3, 0.4) is 0 Å². The highest BCUT2D eigenvalue weighted by molar-refractivity contribution is 7.77. The van der Waals surface area contributed by atoms with Crippen LogP contribution in [0.1, 0.15) is 138 Å². The van der Waals surface area contributed by atoms with Crippen molar-refractivity contribution in [3.8, 4) is 0 Å². The molecule has 4 rings (SSSR count). The third kappa shape index (κ3) is 16.6. The molecule has 17 heteroatoms. The molecule has 2 heterocycles. The summed E-state index contributed by atoms with van der Waals surface area (Å²) in [6.45, 7) is 12.5. The lowest BCUT2D eigenvalue weighted by Gasteiger charge is -2.41. The van der Waals surface area contributed by atoms with Gasteiger partial charge in [0.25, 0.3) is 11.7 Å². The van der Waals surface area contributed by atoms with Crippen molar-refractivity contribution in [3.63, 3.8) is 0 Å². The maximum Gasteiger partial charge on any atom is 0.328 e. The van der Waals surface area contributed by atoms with Gasteiger partial charge >= 0.3 is 5.97 Å². The predicted molar refractivity (Wildman–Crippen MR) is 266 cm³/mol. The molecule has 8 unspecified atom stereocenters. The zero-order valence-electron chi connectivity index (χ0n) is 43.3. The fourth-order valence-corrected chi connectivity index (χ4v) is 10.9. The second-order valence-electron chi connectivity index (χ2n) is 20.7. The summed E-state index contributed by atoms with van der Waals surface area (Å²) in [5.41, 5.74) is 1.02. The van der Waals surface area contributed by atoms with Gasteiger partial charge in [-0.05, 0) is 115 Å². The molecular weight excluding hydrogens is 921 g/mol. The SMILES string of the molecule is COC1C(=O)C(C)CC\C=C/C=C\C=C(\C)C(NS(=O)O)C[C@H]2CC[C@H](C)[C@](O)(O2)C(=O)C(=O)N(C)C(C)C(=O)OC([C@H](C)C[C@@H]2CC[C@@H](OCC3CCCC3)[C@H](OC)C2)CC(=O)C(C)/C=C(/C)C1O. The number of hydrogen-bond acceptors (Lipinski definition) is 13. The zero-order chi connectivity index (χ0) is 51.9. The van der Waals surface area contributed by atoms with Gasteiger partial charge in [0.15, 0.2) is 5.78 Å². The highest BCUT2D eigenvalue weighted by Gasteiger charge is 2.52. The molecular formula is C53H84N2O14S. The standard InChI is InChI=1S/C53H84N2O14S/c1-32-18-14-12-11-13-15-19-33(2)47(57)49(66-10)48(58)36(5)26-34(3)43(56)30-45(35(4)27-40-23-25-44(46(28-40)65-9)67-31-39-20-16-17-21-39)68-52(61)38(7)55(8)51(60)50(59)53(62)37(6)22-24-41(69-53)29-42(32)54-70(63)64/h11-14,18,26,33-35,37-42,44-46,48-49,54,58,62H,15-17,19-25,27-31H2,1-10H3,(H,63,64)/b13-11-,14-12-,32-18-,36-26-/t33?,34?,35-,37+,38?,40+,41-,42?,44-,45?,46-,48?,49?,53+/m1/s1. The summed E-state index contributed by atoms with van der Waals surface area (Å²) in [7, 11) is 4.31. The number of fused-ring (bicyclic) bond motifs is 2. The van der Waals surface area contributed by atoms with Crippen LogP contribution in [-0.2, 0) is 58.9 Å². The largest absolute Gasteiger partial charge is 0.460 e. The highest BCUT2D eigenvalue weighted by atomic mass is 32.2. The van der Waals surface area contributed by atoms with Crippen molar-refractivity contribution >= 4 is 40.5 Å². The monoisotopic (exact) mass is 1000 g/mol. The van der Waals surface area contributed by atoms with Crippen LogP contribution in [0.2, 0.25) is 0 Å². The number of ether oxygens (including phenoxy) is 5. The van der Waals surface area contributed by atoms with E-state index < -0.39 is 89.0 Å². The molecule has 0 aromatic heterocycles. The number of aliphatic hydroxyl groups excluding tert-OH is 1. The topological polar surface area (TPSA) is 225 Å². The van der Waals surface area contributed by atoms with Crippen molar-refractivity contribution in [2.24, 2.45) is 35.5 Å². The summed E-state index contributed by atoms with van der Waals surface area (Å²) in [4.78, 5) is 70.7. The minimum absolute atomic E-state index is 0.0231. The van der Waals surface area contributed by atoms with E-state index in [4.69, 9.17) is 23.7 Å². The Kier molecular flexibility index (Phi) is 23.9. The molecule has 4 N–H and O–H groups in total. The van der Waals surface area contributed by atoms with E-state index in [2.05, 4.69) is 4.72 Å².